The zero-order valence-electron chi connectivity index (χ0n) is 8.88. The van der Waals surface area contributed by atoms with Crippen molar-refractivity contribution in [2.75, 3.05) is 6.54 Å². The fourth-order valence-corrected chi connectivity index (χ4v) is 1.93. The minimum atomic E-state index is -0.754. The smallest absolute Gasteiger partial charge is 0.240 e. The monoisotopic (exact) mass is 204 g/mol. The highest BCUT2D eigenvalue weighted by Gasteiger charge is 2.41. The quantitative estimate of drug-likeness (QED) is 0.558. The van der Waals surface area contributed by atoms with Gasteiger partial charge in [0.15, 0.2) is 0 Å². The van der Waals surface area contributed by atoms with Crippen molar-refractivity contribution in [2.45, 2.75) is 38.5 Å². The van der Waals surface area contributed by atoms with Crippen molar-refractivity contribution in [2.24, 2.45) is 5.41 Å². The lowest BCUT2D eigenvalue weighted by molar-refractivity contribution is -0.127. The van der Waals surface area contributed by atoms with Crippen LogP contribution in [-0.2, 0) is 4.79 Å². The van der Waals surface area contributed by atoms with Gasteiger partial charge in [-0.1, -0.05) is 12.8 Å². The number of terminal acetylenes is 1. The van der Waals surface area contributed by atoms with Gasteiger partial charge in [-0.15, -0.1) is 12.3 Å². The van der Waals surface area contributed by atoms with Crippen LogP contribution in [0.5, 0.6) is 0 Å². The maximum absolute atomic E-state index is 11.8. The molecule has 0 aromatic carbocycles. The normalized spacial score (nSPS) is 17.7. The molecule has 1 aliphatic rings. The van der Waals surface area contributed by atoms with Gasteiger partial charge in [0.2, 0.25) is 5.91 Å². The molecule has 1 saturated carbocycles. The number of hydrogen-bond donors (Lipinski definition) is 1. The molecular formula is C12H16N2O. The lowest BCUT2D eigenvalue weighted by Gasteiger charge is -2.18. The lowest BCUT2D eigenvalue weighted by atomic mass is 9.87. The van der Waals surface area contributed by atoms with Gasteiger partial charge < -0.3 is 5.32 Å². The molecular weight excluding hydrogens is 188 g/mol. The lowest BCUT2D eigenvalue weighted by Crippen LogP contribution is -2.38. The molecule has 3 nitrogen and oxygen atoms in total. The topological polar surface area (TPSA) is 52.9 Å². The van der Waals surface area contributed by atoms with E-state index in [0.717, 1.165) is 19.3 Å². The van der Waals surface area contributed by atoms with Crippen molar-refractivity contribution in [3.63, 3.8) is 0 Å². The molecule has 1 aliphatic carbocycles. The van der Waals surface area contributed by atoms with Gasteiger partial charge in [-0.3, -0.25) is 4.79 Å². The number of unbranched alkanes of at least 4 members (excludes halogenated alkanes) is 1. The van der Waals surface area contributed by atoms with Crippen molar-refractivity contribution < 1.29 is 4.79 Å². The van der Waals surface area contributed by atoms with E-state index in [4.69, 9.17) is 11.7 Å². The van der Waals surface area contributed by atoms with Crippen LogP contribution in [0.1, 0.15) is 38.5 Å². The third-order valence-electron chi connectivity index (χ3n) is 2.89. The summed E-state index contributed by atoms with van der Waals surface area (Å²) < 4.78 is 0. The number of hydrogen-bond acceptors (Lipinski definition) is 2. The average molecular weight is 204 g/mol. The Morgan fingerprint density at radius 1 is 1.47 bits per heavy atom. The summed E-state index contributed by atoms with van der Waals surface area (Å²) in [7, 11) is 0. The Kier molecular flexibility index (Phi) is 4.18. The first kappa shape index (κ1) is 11.6. The molecule has 0 aromatic rings. The summed E-state index contributed by atoms with van der Waals surface area (Å²) in [5.74, 6) is 2.41. The minimum absolute atomic E-state index is 0.112. The van der Waals surface area contributed by atoms with Crippen LogP contribution in [0.2, 0.25) is 0 Å². The predicted molar refractivity (Wildman–Crippen MR) is 57.6 cm³/mol. The molecule has 0 spiro atoms. The second kappa shape index (κ2) is 5.41. The van der Waals surface area contributed by atoms with Gasteiger partial charge >= 0.3 is 0 Å². The molecule has 0 aliphatic heterocycles. The van der Waals surface area contributed by atoms with E-state index in [0.29, 0.717) is 25.8 Å². The minimum Gasteiger partial charge on any atom is -0.355 e. The Bertz CT molecular complexity index is 303. The largest absolute Gasteiger partial charge is 0.355 e. The van der Waals surface area contributed by atoms with Gasteiger partial charge in [0.25, 0.3) is 0 Å². The van der Waals surface area contributed by atoms with E-state index in [1.165, 1.54) is 0 Å². The molecule has 1 fully saturated rings. The van der Waals surface area contributed by atoms with Gasteiger partial charge in [-0.2, -0.15) is 5.26 Å². The van der Waals surface area contributed by atoms with Crippen molar-refractivity contribution in [1.29, 1.82) is 5.26 Å². The van der Waals surface area contributed by atoms with Crippen LogP contribution in [0.3, 0.4) is 0 Å². The first-order valence-electron chi connectivity index (χ1n) is 5.38. The number of carbonyl (C=O) groups is 1. The molecule has 15 heavy (non-hydrogen) atoms. The fourth-order valence-electron chi connectivity index (χ4n) is 1.93. The SMILES string of the molecule is C#CCCCNC(=O)C1(C#N)CCCC1. The zero-order chi connectivity index (χ0) is 11.1. The second-order valence-corrected chi connectivity index (χ2v) is 3.96. The van der Waals surface area contributed by atoms with Crippen LogP contribution in [0.15, 0.2) is 0 Å². The van der Waals surface area contributed by atoms with Gasteiger partial charge in [0.1, 0.15) is 5.41 Å². The predicted octanol–water partition coefficient (Wildman–Crippen LogP) is 1.60. The maximum Gasteiger partial charge on any atom is 0.240 e. The summed E-state index contributed by atoms with van der Waals surface area (Å²) in [5.41, 5.74) is -0.754. The summed E-state index contributed by atoms with van der Waals surface area (Å²) in [4.78, 5) is 11.8. The number of nitriles is 1. The Morgan fingerprint density at radius 2 is 2.13 bits per heavy atom. The van der Waals surface area contributed by atoms with Gasteiger partial charge in [0, 0.05) is 13.0 Å². The highest BCUT2D eigenvalue weighted by molar-refractivity contribution is 5.85. The molecule has 1 N–H and O–H groups in total. The third-order valence-corrected chi connectivity index (χ3v) is 2.89. The average Bonchev–Trinajstić information content (AvgIpc) is 2.74. The summed E-state index contributed by atoms with van der Waals surface area (Å²) in [6.45, 7) is 0.576. The van der Waals surface area contributed by atoms with Crippen molar-refractivity contribution >= 4 is 5.91 Å². The Labute approximate surface area is 90.9 Å². The van der Waals surface area contributed by atoms with Crippen LogP contribution in [0, 0.1) is 29.1 Å². The molecule has 0 bridgehead atoms. The zero-order valence-corrected chi connectivity index (χ0v) is 8.88. The molecule has 0 radical (unpaired) electrons. The molecule has 0 atom stereocenters. The fraction of sp³-hybridized carbons (Fsp3) is 0.667. The third kappa shape index (κ3) is 2.73. The van der Waals surface area contributed by atoms with E-state index >= 15 is 0 Å². The summed E-state index contributed by atoms with van der Waals surface area (Å²) >= 11 is 0. The van der Waals surface area contributed by atoms with Crippen LogP contribution >= 0.6 is 0 Å². The van der Waals surface area contributed by atoms with E-state index < -0.39 is 5.41 Å². The Balaban J connectivity index is 2.39. The van der Waals surface area contributed by atoms with Crippen LogP contribution in [-0.4, -0.2) is 12.5 Å². The number of carbonyl (C=O) groups excluding carboxylic acids is 1. The van der Waals surface area contributed by atoms with E-state index in [2.05, 4.69) is 17.3 Å². The van der Waals surface area contributed by atoms with Gasteiger partial charge in [0.05, 0.1) is 6.07 Å². The number of rotatable bonds is 4. The molecule has 0 heterocycles. The van der Waals surface area contributed by atoms with Crippen molar-refractivity contribution in [1.82, 2.24) is 5.32 Å². The molecule has 3 heteroatoms. The maximum atomic E-state index is 11.8. The molecule has 80 valence electrons. The molecule has 1 amide bonds. The van der Waals surface area contributed by atoms with E-state index in [1.54, 1.807) is 0 Å². The molecule has 0 aromatic heterocycles. The Morgan fingerprint density at radius 3 is 2.67 bits per heavy atom. The highest BCUT2D eigenvalue weighted by atomic mass is 16.2. The molecule has 0 saturated heterocycles. The van der Waals surface area contributed by atoms with Gasteiger partial charge in [-0.05, 0) is 19.3 Å². The standard InChI is InChI=1S/C12H16N2O/c1-2-3-6-9-14-11(15)12(10-13)7-4-5-8-12/h1H,3-9H2,(H,14,15). The number of amides is 1. The first-order valence-corrected chi connectivity index (χ1v) is 5.38. The van der Waals surface area contributed by atoms with E-state index in [-0.39, 0.29) is 5.91 Å². The second-order valence-electron chi connectivity index (χ2n) is 3.96. The highest BCUT2D eigenvalue weighted by Crippen LogP contribution is 2.37. The summed E-state index contributed by atoms with van der Waals surface area (Å²) in [5, 5.41) is 11.8. The summed E-state index contributed by atoms with van der Waals surface area (Å²) in [6, 6.07) is 2.17. The van der Waals surface area contributed by atoms with Crippen molar-refractivity contribution in [3.8, 4) is 18.4 Å². The number of nitrogens with zero attached hydrogens (tertiary/aromatic N) is 1. The van der Waals surface area contributed by atoms with E-state index in [9.17, 15) is 4.79 Å². The summed E-state index contributed by atoms with van der Waals surface area (Å²) in [6.07, 6.45) is 9.91. The van der Waals surface area contributed by atoms with Crippen molar-refractivity contribution in [3.05, 3.63) is 0 Å². The molecule has 1 rings (SSSR count). The molecule has 0 unspecified atom stereocenters. The van der Waals surface area contributed by atoms with Crippen LogP contribution in [0.25, 0.3) is 0 Å². The van der Waals surface area contributed by atoms with E-state index in [1.807, 2.05) is 0 Å². The van der Waals surface area contributed by atoms with Crippen LogP contribution < -0.4 is 5.32 Å². The van der Waals surface area contributed by atoms with Crippen LogP contribution in [0.4, 0.5) is 0 Å². The first-order chi connectivity index (χ1) is 7.25. The Hall–Kier alpha value is -1.48. The number of nitrogens with one attached hydrogen (secondary N) is 1. The van der Waals surface area contributed by atoms with Gasteiger partial charge in [-0.25, -0.2) is 0 Å².